The molecular formula is C11H14F4N2O3S. The molecule has 1 aromatic rings. The number of sulfonamides is 1. The van der Waals surface area contributed by atoms with Crippen LogP contribution in [-0.2, 0) is 14.8 Å². The van der Waals surface area contributed by atoms with Crippen molar-refractivity contribution in [3.8, 4) is 0 Å². The number of nitrogen functional groups attached to an aromatic ring is 1. The van der Waals surface area contributed by atoms with E-state index in [1.54, 1.807) is 0 Å². The summed E-state index contributed by atoms with van der Waals surface area (Å²) in [5.41, 5.74) is 5.08. The first kappa shape index (κ1) is 17.7. The molecule has 0 aliphatic rings. The van der Waals surface area contributed by atoms with Crippen LogP contribution in [0, 0.1) is 12.7 Å². The largest absolute Gasteiger partial charge is 0.411 e. The van der Waals surface area contributed by atoms with Crippen molar-refractivity contribution >= 4 is 15.7 Å². The Balaban J connectivity index is 2.64. The average molecular weight is 330 g/mol. The summed E-state index contributed by atoms with van der Waals surface area (Å²) in [7, 11) is -4.00. The summed E-state index contributed by atoms with van der Waals surface area (Å²) in [6, 6.07) is 1.91. The number of anilines is 1. The van der Waals surface area contributed by atoms with Gasteiger partial charge in [-0.15, -0.1) is 0 Å². The Morgan fingerprint density at radius 1 is 1.33 bits per heavy atom. The number of halogens is 4. The van der Waals surface area contributed by atoms with Crippen LogP contribution in [0.5, 0.6) is 0 Å². The molecule has 0 atom stereocenters. The van der Waals surface area contributed by atoms with Gasteiger partial charge in [-0.3, -0.25) is 0 Å². The van der Waals surface area contributed by atoms with Gasteiger partial charge in [0.2, 0.25) is 10.0 Å². The highest BCUT2D eigenvalue weighted by molar-refractivity contribution is 7.89. The van der Waals surface area contributed by atoms with Gasteiger partial charge in [0, 0.05) is 6.54 Å². The van der Waals surface area contributed by atoms with E-state index in [2.05, 4.69) is 9.46 Å². The monoisotopic (exact) mass is 330 g/mol. The summed E-state index contributed by atoms with van der Waals surface area (Å²) < 4.78 is 78.7. The third kappa shape index (κ3) is 5.48. The van der Waals surface area contributed by atoms with Gasteiger partial charge < -0.3 is 10.5 Å². The Morgan fingerprint density at radius 3 is 2.52 bits per heavy atom. The Morgan fingerprint density at radius 2 is 1.95 bits per heavy atom. The number of nitrogens with two attached hydrogens (primary N) is 1. The summed E-state index contributed by atoms with van der Waals surface area (Å²) in [5.74, 6) is -0.750. The minimum Gasteiger partial charge on any atom is -0.396 e. The highest BCUT2D eigenvalue weighted by Crippen LogP contribution is 2.21. The van der Waals surface area contributed by atoms with E-state index in [-0.39, 0.29) is 22.7 Å². The fourth-order valence-corrected chi connectivity index (χ4v) is 2.74. The molecule has 10 heteroatoms. The Bertz CT molecular complexity index is 602. The van der Waals surface area contributed by atoms with Crippen molar-refractivity contribution in [1.82, 2.24) is 4.72 Å². The number of alkyl halides is 3. The van der Waals surface area contributed by atoms with Crippen LogP contribution < -0.4 is 10.5 Å². The Hall–Kier alpha value is -1.39. The van der Waals surface area contributed by atoms with E-state index in [1.165, 1.54) is 6.92 Å². The molecule has 0 fully saturated rings. The highest BCUT2D eigenvalue weighted by Gasteiger charge is 2.27. The van der Waals surface area contributed by atoms with Crippen LogP contribution in [0.2, 0.25) is 0 Å². The van der Waals surface area contributed by atoms with Gasteiger partial charge >= 0.3 is 6.18 Å². The lowest BCUT2D eigenvalue weighted by Gasteiger charge is -2.11. The Kier molecular flexibility index (Phi) is 5.54. The lowest BCUT2D eigenvalue weighted by Crippen LogP contribution is -2.29. The third-order valence-corrected chi connectivity index (χ3v) is 3.99. The molecule has 0 aliphatic heterocycles. The first-order valence-corrected chi connectivity index (χ1v) is 7.21. The predicted octanol–water partition coefficient (Wildman–Crippen LogP) is 1.57. The average Bonchev–Trinajstić information content (AvgIpc) is 2.31. The minimum atomic E-state index is -4.47. The zero-order valence-electron chi connectivity index (χ0n) is 11.0. The number of hydrogen-bond acceptors (Lipinski definition) is 4. The van der Waals surface area contributed by atoms with Gasteiger partial charge in [0.1, 0.15) is 12.4 Å². The fraction of sp³-hybridized carbons (Fsp3) is 0.455. The number of rotatable bonds is 6. The second-order valence-electron chi connectivity index (χ2n) is 4.20. The van der Waals surface area contributed by atoms with Crippen LogP contribution in [0.3, 0.4) is 0 Å². The molecule has 0 amide bonds. The second kappa shape index (κ2) is 6.58. The maximum absolute atomic E-state index is 13.1. The van der Waals surface area contributed by atoms with Crippen molar-refractivity contribution < 1.29 is 30.7 Å². The normalized spacial score (nSPS) is 12.6. The summed E-state index contributed by atoms with van der Waals surface area (Å²) in [5, 5.41) is 0. The quantitative estimate of drug-likeness (QED) is 0.471. The summed E-state index contributed by atoms with van der Waals surface area (Å²) in [4.78, 5) is -0.239. The number of hydrogen-bond donors (Lipinski definition) is 2. The molecule has 0 bridgehead atoms. The summed E-state index contributed by atoms with van der Waals surface area (Å²) >= 11 is 0. The fourth-order valence-electron chi connectivity index (χ4n) is 1.47. The van der Waals surface area contributed by atoms with E-state index >= 15 is 0 Å². The van der Waals surface area contributed by atoms with E-state index in [0.29, 0.717) is 0 Å². The van der Waals surface area contributed by atoms with Gasteiger partial charge in [-0.05, 0) is 24.6 Å². The van der Waals surface area contributed by atoms with Crippen LogP contribution >= 0.6 is 0 Å². The van der Waals surface area contributed by atoms with Crippen molar-refractivity contribution in [2.24, 2.45) is 0 Å². The Labute approximate surface area is 119 Å². The van der Waals surface area contributed by atoms with E-state index in [1.807, 2.05) is 0 Å². The number of ether oxygens (including phenoxy) is 1. The van der Waals surface area contributed by atoms with Crippen molar-refractivity contribution in [3.63, 3.8) is 0 Å². The van der Waals surface area contributed by atoms with Gasteiger partial charge in [0.25, 0.3) is 0 Å². The molecule has 5 nitrogen and oxygen atoms in total. The number of benzene rings is 1. The molecule has 0 radical (unpaired) electrons. The van der Waals surface area contributed by atoms with E-state index in [9.17, 15) is 26.0 Å². The molecule has 0 saturated carbocycles. The van der Waals surface area contributed by atoms with Crippen LogP contribution in [0.1, 0.15) is 5.56 Å². The van der Waals surface area contributed by atoms with Gasteiger partial charge in [0.05, 0.1) is 17.2 Å². The first-order chi connectivity index (χ1) is 9.53. The van der Waals surface area contributed by atoms with Crippen molar-refractivity contribution in [2.75, 3.05) is 25.5 Å². The lowest BCUT2D eigenvalue weighted by molar-refractivity contribution is -0.173. The molecule has 0 spiro atoms. The molecule has 0 heterocycles. The third-order valence-electron chi connectivity index (χ3n) is 2.39. The first-order valence-electron chi connectivity index (χ1n) is 5.73. The number of nitrogens with one attached hydrogen (secondary N) is 1. The molecule has 0 unspecified atom stereocenters. The zero-order chi connectivity index (χ0) is 16.3. The van der Waals surface area contributed by atoms with Crippen molar-refractivity contribution in [2.45, 2.75) is 18.0 Å². The summed E-state index contributed by atoms with van der Waals surface area (Å²) in [6.07, 6.45) is -4.47. The van der Waals surface area contributed by atoms with Crippen molar-refractivity contribution in [1.29, 1.82) is 0 Å². The van der Waals surface area contributed by atoms with E-state index in [0.717, 1.165) is 12.1 Å². The second-order valence-corrected chi connectivity index (χ2v) is 5.94. The molecule has 21 heavy (non-hydrogen) atoms. The molecular weight excluding hydrogens is 316 g/mol. The van der Waals surface area contributed by atoms with Gasteiger partial charge in [0.15, 0.2) is 0 Å². The smallest absolute Gasteiger partial charge is 0.396 e. The molecule has 0 aliphatic carbocycles. The van der Waals surface area contributed by atoms with Gasteiger partial charge in [-0.25, -0.2) is 17.5 Å². The standard InChI is InChI=1S/C11H14F4N2O3S/c1-7-4-8(12)9(16)5-10(7)21(18,19)17-2-3-20-6-11(13,14)15/h4-5,17H,2-3,6,16H2,1H3. The highest BCUT2D eigenvalue weighted by atomic mass is 32.2. The lowest BCUT2D eigenvalue weighted by atomic mass is 10.2. The van der Waals surface area contributed by atoms with Crippen LogP contribution in [0.25, 0.3) is 0 Å². The molecule has 1 rings (SSSR count). The van der Waals surface area contributed by atoms with Crippen LogP contribution in [0.4, 0.5) is 23.2 Å². The SMILES string of the molecule is Cc1cc(F)c(N)cc1S(=O)(=O)NCCOCC(F)(F)F. The maximum atomic E-state index is 13.1. The summed E-state index contributed by atoms with van der Waals surface area (Å²) in [6.45, 7) is -0.891. The van der Waals surface area contributed by atoms with Crippen LogP contribution in [0.15, 0.2) is 17.0 Å². The maximum Gasteiger partial charge on any atom is 0.411 e. The molecule has 120 valence electrons. The molecule has 3 N–H and O–H groups in total. The topological polar surface area (TPSA) is 81.4 Å². The van der Waals surface area contributed by atoms with Gasteiger partial charge in [-0.1, -0.05) is 0 Å². The van der Waals surface area contributed by atoms with E-state index < -0.39 is 35.2 Å². The van der Waals surface area contributed by atoms with Crippen LogP contribution in [-0.4, -0.2) is 34.4 Å². The zero-order valence-corrected chi connectivity index (χ0v) is 11.8. The molecule has 1 aromatic carbocycles. The van der Waals surface area contributed by atoms with Gasteiger partial charge in [-0.2, -0.15) is 13.2 Å². The minimum absolute atomic E-state index is 0.130. The molecule has 0 saturated heterocycles. The molecule has 0 aromatic heterocycles. The number of aryl methyl sites for hydroxylation is 1. The van der Waals surface area contributed by atoms with E-state index in [4.69, 9.17) is 5.73 Å². The predicted molar refractivity (Wildman–Crippen MR) is 67.6 cm³/mol. The van der Waals surface area contributed by atoms with Crippen molar-refractivity contribution in [3.05, 3.63) is 23.5 Å².